The Morgan fingerprint density at radius 1 is 1.00 bits per heavy atom. The van der Waals surface area contributed by atoms with Crippen molar-refractivity contribution in [1.82, 2.24) is 5.43 Å². The highest BCUT2D eigenvalue weighted by Gasteiger charge is 2.15. The molecule has 2 aromatic rings. The molecule has 0 fully saturated rings. The fraction of sp³-hybridized carbons (Fsp3) is 0.222. The number of hydrogen-bond acceptors (Lipinski definition) is 4. The average molecular weight is 312 g/mol. The molecule has 0 saturated heterocycles. The highest BCUT2D eigenvalue weighted by atomic mass is 16.6. The highest BCUT2D eigenvalue weighted by molar-refractivity contribution is 5.81. The van der Waals surface area contributed by atoms with Crippen molar-refractivity contribution in [2.45, 2.75) is 26.4 Å². The van der Waals surface area contributed by atoms with E-state index in [1.807, 2.05) is 54.6 Å². The molecule has 5 nitrogen and oxygen atoms in total. The molecular formula is C18H20N2O3. The summed E-state index contributed by atoms with van der Waals surface area (Å²) in [6, 6.07) is 16.9. The van der Waals surface area contributed by atoms with E-state index < -0.39 is 11.7 Å². The van der Waals surface area contributed by atoms with Crippen molar-refractivity contribution in [2.75, 3.05) is 0 Å². The largest absolute Gasteiger partial charge is 0.457 e. The molecule has 0 aliphatic heterocycles. The molecule has 0 spiro atoms. The number of carbonyl (C=O) groups excluding carboxylic acids is 1. The first-order chi connectivity index (χ1) is 10.9. The Balaban J connectivity index is 1.87. The molecule has 0 aromatic heterocycles. The summed E-state index contributed by atoms with van der Waals surface area (Å²) < 4.78 is 10.8. The number of amides is 1. The third kappa shape index (κ3) is 6.22. The lowest BCUT2D eigenvalue weighted by molar-refractivity contribution is 0.0529. The monoisotopic (exact) mass is 312 g/mol. The summed E-state index contributed by atoms with van der Waals surface area (Å²) in [7, 11) is 0. The molecule has 1 amide bonds. The summed E-state index contributed by atoms with van der Waals surface area (Å²) in [5, 5.41) is 3.85. The first-order valence-electron chi connectivity index (χ1n) is 7.27. The van der Waals surface area contributed by atoms with Crippen LogP contribution >= 0.6 is 0 Å². The molecule has 0 bridgehead atoms. The Hall–Kier alpha value is -2.82. The van der Waals surface area contributed by atoms with Crippen LogP contribution in [0, 0.1) is 0 Å². The van der Waals surface area contributed by atoms with E-state index in [4.69, 9.17) is 9.47 Å². The maximum Gasteiger partial charge on any atom is 0.428 e. The van der Waals surface area contributed by atoms with Gasteiger partial charge in [0, 0.05) is 0 Å². The van der Waals surface area contributed by atoms with Gasteiger partial charge in [-0.1, -0.05) is 18.2 Å². The third-order valence-corrected chi connectivity index (χ3v) is 2.63. The van der Waals surface area contributed by atoms with Gasteiger partial charge in [0.1, 0.15) is 17.1 Å². The molecule has 120 valence electrons. The van der Waals surface area contributed by atoms with Gasteiger partial charge in [-0.3, -0.25) is 0 Å². The minimum Gasteiger partial charge on any atom is -0.457 e. The quantitative estimate of drug-likeness (QED) is 0.675. The standard InChI is InChI=1S/C18H20N2O3/c1-18(2,3)23-17(21)20-19-13-14-9-11-16(12-10-14)22-15-7-5-4-6-8-15/h4-13H,1-3H3,(H,20,21)/b19-13+. The van der Waals surface area contributed by atoms with Crippen LogP contribution in [0.1, 0.15) is 26.3 Å². The molecule has 5 heteroatoms. The molecule has 0 radical (unpaired) electrons. The third-order valence-electron chi connectivity index (χ3n) is 2.63. The van der Waals surface area contributed by atoms with Crippen LogP contribution in [0.4, 0.5) is 4.79 Å². The molecule has 0 heterocycles. The predicted molar refractivity (Wildman–Crippen MR) is 89.9 cm³/mol. The van der Waals surface area contributed by atoms with Gasteiger partial charge in [-0.15, -0.1) is 0 Å². The van der Waals surface area contributed by atoms with Gasteiger partial charge in [0.2, 0.25) is 0 Å². The average Bonchev–Trinajstić information content (AvgIpc) is 2.48. The van der Waals surface area contributed by atoms with Crippen molar-refractivity contribution in [1.29, 1.82) is 0 Å². The zero-order chi connectivity index (χ0) is 16.7. The van der Waals surface area contributed by atoms with Crippen LogP contribution in [-0.2, 0) is 4.74 Å². The Labute approximate surface area is 135 Å². The van der Waals surface area contributed by atoms with Crippen molar-refractivity contribution < 1.29 is 14.3 Å². The molecule has 1 N–H and O–H groups in total. The molecule has 2 aromatic carbocycles. The van der Waals surface area contributed by atoms with Crippen molar-refractivity contribution in [3.8, 4) is 11.5 Å². The zero-order valence-corrected chi connectivity index (χ0v) is 13.4. The van der Waals surface area contributed by atoms with E-state index in [9.17, 15) is 4.79 Å². The lowest BCUT2D eigenvalue weighted by Crippen LogP contribution is -2.29. The van der Waals surface area contributed by atoms with Crippen molar-refractivity contribution >= 4 is 12.3 Å². The molecule has 2 rings (SSSR count). The molecule has 0 atom stereocenters. The van der Waals surface area contributed by atoms with Gasteiger partial charge in [-0.05, 0) is 62.7 Å². The first-order valence-corrected chi connectivity index (χ1v) is 7.27. The minimum atomic E-state index is -0.585. The van der Waals surface area contributed by atoms with E-state index in [2.05, 4.69) is 10.5 Å². The predicted octanol–water partition coefficient (Wildman–Crippen LogP) is 4.34. The van der Waals surface area contributed by atoms with E-state index in [-0.39, 0.29) is 0 Å². The maximum absolute atomic E-state index is 11.4. The Kier molecular flexibility index (Phi) is 5.36. The number of nitrogens with zero attached hydrogens (tertiary/aromatic N) is 1. The van der Waals surface area contributed by atoms with Gasteiger partial charge >= 0.3 is 6.09 Å². The number of nitrogens with one attached hydrogen (secondary N) is 1. The summed E-state index contributed by atoms with van der Waals surface area (Å²) in [6.45, 7) is 5.38. The molecule has 0 aliphatic rings. The van der Waals surface area contributed by atoms with E-state index in [0.717, 1.165) is 17.1 Å². The topological polar surface area (TPSA) is 59.9 Å². The minimum absolute atomic E-state index is 0.546. The number of carbonyl (C=O) groups is 1. The second-order valence-corrected chi connectivity index (χ2v) is 5.86. The maximum atomic E-state index is 11.4. The van der Waals surface area contributed by atoms with Gasteiger partial charge in [0.15, 0.2) is 0 Å². The second-order valence-electron chi connectivity index (χ2n) is 5.86. The fourth-order valence-corrected chi connectivity index (χ4v) is 1.71. The highest BCUT2D eigenvalue weighted by Crippen LogP contribution is 2.20. The number of hydrogen-bond donors (Lipinski definition) is 1. The lowest BCUT2D eigenvalue weighted by Gasteiger charge is -2.18. The first kappa shape index (κ1) is 16.5. The summed E-state index contributed by atoms with van der Waals surface area (Å²) in [5.41, 5.74) is 2.61. The number of para-hydroxylation sites is 1. The van der Waals surface area contributed by atoms with Crippen LogP contribution in [-0.4, -0.2) is 17.9 Å². The van der Waals surface area contributed by atoms with Gasteiger partial charge in [0.05, 0.1) is 6.21 Å². The van der Waals surface area contributed by atoms with Crippen molar-refractivity contribution in [3.63, 3.8) is 0 Å². The van der Waals surface area contributed by atoms with Crippen LogP contribution in [0.2, 0.25) is 0 Å². The van der Waals surface area contributed by atoms with E-state index in [1.165, 1.54) is 6.21 Å². The SMILES string of the molecule is CC(C)(C)OC(=O)N/N=C/c1ccc(Oc2ccccc2)cc1. The molecular weight excluding hydrogens is 292 g/mol. The van der Waals surface area contributed by atoms with Gasteiger partial charge in [0.25, 0.3) is 0 Å². The van der Waals surface area contributed by atoms with Crippen LogP contribution in [0.3, 0.4) is 0 Å². The van der Waals surface area contributed by atoms with E-state index in [1.54, 1.807) is 20.8 Å². The Morgan fingerprint density at radius 2 is 1.61 bits per heavy atom. The molecule has 23 heavy (non-hydrogen) atoms. The van der Waals surface area contributed by atoms with Crippen LogP contribution < -0.4 is 10.2 Å². The van der Waals surface area contributed by atoms with E-state index in [0.29, 0.717) is 0 Å². The van der Waals surface area contributed by atoms with Gasteiger partial charge in [-0.2, -0.15) is 5.10 Å². The summed E-state index contributed by atoms with van der Waals surface area (Å²) >= 11 is 0. The Morgan fingerprint density at radius 3 is 2.22 bits per heavy atom. The number of ether oxygens (including phenoxy) is 2. The number of hydrazone groups is 1. The molecule has 0 saturated carbocycles. The lowest BCUT2D eigenvalue weighted by atomic mass is 10.2. The molecule has 0 aliphatic carbocycles. The Bertz CT molecular complexity index is 659. The smallest absolute Gasteiger partial charge is 0.428 e. The van der Waals surface area contributed by atoms with Crippen molar-refractivity contribution in [3.05, 3.63) is 60.2 Å². The zero-order valence-electron chi connectivity index (χ0n) is 13.4. The van der Waals surface area contributed by atoms with Gasteiger partial charge in [-0.25, -0.2) is 10.2 Å². The van der Waals surface area contributed by atoms with E-state index >= 15 is 0 Å². The second kappa shape index (κ2) is 7.45. The normalized spacial score (nSPS) is 11.3. The van der Waals surface area contributed by atoms with Crippen molar-refractivity contribution in [2.24, 2.45) is 5.10 Å². The van der Waals surface area contributed by atoms with Crippen LogP contribution in [0.5, 0.6) is 11.5 Å². The fourth-order valence-electron chi connectivity index (χ4n) is 1.71. The van der Waals surface area contributed by atoms with Crippen LogP contribution in [0.25, 0.3) is 0 Å². The summed E-state index contributed by atoms with van der Waals surface area (Å²) in [5.74, 6) is 1.51. The number of rotatable bonds is 4. The summed E-state index contributed by atoms with van der Waals surface area (Å²) in [6.07, 6.45) is 0.953. The van der Waals surface area contributed by atoms with Crippen LogP contribution in [0.15, 0.2) is 59.7 Å². The van der Waals surface area contributed by atoms with Gasteiger partial charge < -0.3 is 9.47 Å². The number of benzene rings is 2. The summed E-state index contributed by atoms with van der Waals surface area (Å²) in [4.78, 5) is 11.4. The molecule has 0 unspecified atom stereocenters.